The van der Waals surface area contributed by atoms with Crippen LogP contribution in [0.3, 0.4) is 0 Å². The molecule has 0 atom stereocenters. The highest BCUT2D eigenvalue weighted by Gasteiger charge is 2.18. The maximum absolute atomic E-state index is 13.7. The number of carbonyl (C=O) groups is 1. The van der Waals surface area contributed by atoms with E-state index in [2.05, 4.69) is 0 Å². The van der Waals surface area contributed by atoms with E-state index < -0.39 is 11.7 Å². The fraction of sp³-hybridized carbons (Fsp3) is 0.417. The Morgan fingerprint density at radius 2 is 1.94 bits per heavy atom. The van der Waals surface area contributed by atoms with Gasteiger partial charge in [0.05, 0.1) is 12.7 Å². The molecule has 0 aliphatic carbocycles. The number of amides is 1. The molecule has 0 aliphatic rings. The lowest BCUT2D eigenvalue weighted by molar-refractivity contribution is 0.0770. The van der Waals surface area contributed by atoms with Crippen molar-refractivity contribution in [3.8, 4) is 5.75 Å². The minimum absolute atomic E-state index is 0.00830. The molecule has 0 heterocycles. The summed E-state index contributed by atoms with van der Waals surface area (Å²) in [6.45, 7) is 0.664. The lowest BCUT2D eigenvalue weighted by Crippen LogP contribution is -2.34. The largest absolute Gasteiger partial charge is 0.497 e. The number of halogens is 3. The zero-order valence-corrected chi connectivity index (χ0v) is 11.5. The topological polar surface area (TPSA) is 29.5 Å². The van der Waals surface area contributed by atoms with E-state index in [1.807, 2.05) is 0 Å². The van der Waals surface area contributed by atoms with E-state index in [1.54, 1.807) is 0 Å². The van der Waals surface area contributed by atoms with Gasteiger partial charge in [-0.25, -0.2) is 4.39 Å². The van der Waals surface area contributed by atoms with Gasteiger partial charge in [-0.15, -0.1) is 23.2 Å². The molecule has 1 rings (SSSR count). The molecule has 0 aliphatic heterocycles. The lowest BCUT2D eigenvalue weighted by Gasteiger charge is -2.20. The summed E-state index contributed by atoms with van der Waals surface area (Å²) < 4.78 is 18.6. The summed E-state index contributed by atoms with van der Waals surface area (Å²) in [5.41, 5.74) is -0.00830. The SMILES string of the molecule is COc1ccc(C(=O)N(CCCl)CCCl)c(F)c1. The van der Waals surface area contributed by atoms with Crippen LogP contribution in [0.5, 0.6) is 5.75 Å². The van der Waals surface area contributed by atoms with Crippen molar-refractivity contribution in [1.29, 1.82) is 0 Å². The van der Waals surface area contributed by atoms with Crippen LogP contribution >= 0.6 is 23.2 Å². The molecule has 0 saturated carbocycles. The zero-order valence-electron chi connectivity index (χ0n) is 9.96. The minimum atomic E-state index is -0.617. The van der Waals surface area contributed by atoms with Gasteiger partial charge in [-0.05, 0) is 12.1 Å². The second-order valence-electron chi connectivity index (χ2n) is 3.52. The van der Waals surface area contributed by atoms with E-state index >= 15 is 0 Å². The number of carbonyl (C=O) groups excluding carboxylic acids is 1. The second-order valence-corrected chi connectivity index (χ2v) is 4.27. The van der Waals surface area contributed by atoms with Crippen LogP contribution < -0.4 is 4.74 Å². The Hall–Kier alpha value is -1.000. The van der Waals surface area contributed by atoms with Gasteiger partial charge in [0.1, 0.15) is 11.6 Å². The van der Waals surface area contributed by atoms with E-state index in [1.165, 1.54) is 30.2 Å². The van der Waals surface area contributed by atoms with Gasteiger partial charge in [0.15, 0.2) is 0 Å². The number of alkyl halides is 2. The number of benzene rings is 1. The van der Waals surface area contributed by atoms with Crippen LogP contribution in [-0.2, 0) is 0 Å². The Morgan fingerprint density at radius 1 is 1.33 bits per heavy atom. The van der Waals surface area contributed by atoms with Crippen molar-refractivity contribution in [2.75, 3.05) is 32.0 Å². The summed E-state index contributed by atoms with van der Waals surface area (Å²) in [7, 11) is 1.43. The molecule has 0 unspecified atom stereocenters. The summed E-state index contributed by atoms with van der Waals surface area (Å²) in [5, 5.41) is 0. The first-order valence-corrected chi connectivity index (χ1v) is 6.45. The van der Waals surface area contributed by atoms with Crippen LogP contribution in [0.15, 0.2) is 18.2 Å². The first-order chi connectivity index (χ1) is 8.63. The molecule has 0 spiro atoms. The molecular formula is C12H14Cl2FNO2. The Balaban J connectivity index is 2.93. The smallest absolute Gasteiger partial charge is 0.256 e. The molecule has 1 aromatic carbocycles. The van der Waals surface area contributed by atoms with Crippen molar-refractivity contribution in [2.24, 2.45) is 0 Å². The molecule has 0 bridgehead atoms. The average Bonchev–Trinajstić information content (AvgIpc) is 2.37. The van der Waals surface area contributed by atoms with E-state index in [9.17, 15) is 9.18 Å². The fourth-order valence-corrected chi connectivity index (χ4v) is 1.89. The van der Waals surface area contributed by atoms with Crippen LogP contribution in [-0.4, -0.2) is 42.8 Å². The molecule has 6 heteroatoms. The molecule has 0 fully saturated rings. The Kier molecular flexibility index (Phi) is 6.22. The molecular weight excluding hydrogens is 280 g/mol. The summed E-state index contributed by atoms with van der Waals surface area (Å²) in [4.78, 5) is 13.5. The number of hydrogen-bond donors (Lipinski definition) is 0. The summed E-state index contributed by atoms with van der Waals surface area (Å²) in [6, 6.07) is 4.11. The first kappa shape index (κ1) is 15.1. The van der Waals surface area contributed by atoms with Crippen molar-refractivity contribution in [3.63, 3.8) is 0 Å². The Morgan fingerprint density at radius 3 is 2.39 bits per heavy atom. The van der Waals surface area contributed by atoms with Gasteiger partial charge in [-0.3, -0.25) is 4.79 Å². The van der Waals surface area contributed by atoms with Crippen LogP contribution in [0, 0.1) is 5.82 Å². The third-order valence-corrected chi connectivity index (χ3v) is 2.74. The van der Waals surface area contributed by atoms with Gasteiger partial charge in [0.2, 0.25) is 0 Å². The van der Waals surface area contributed by atoms with Crippen LogP contribution in [0.1, 0.15) is 10.4 Å². The highest BCUT2D eigenvalue weighted by molar-refractivity contribution is 6.18. The van der Waals surface area contributed by atoms with Crippen molar-refractivity contribution in [1.82, 2.24) is 4.90 Å². The van der Waals surface area contributed by atoms with Crippen molar-refractivity contribution in [3.05, 3.63) is 29.6 Å². The quantitative estimate of drug-likeness (QED) is 0.755. The van der Waals surface area contributed by atoms with E-state index in [0.717, 1.165) is 0 Å². The van der Waals surface area contributed by atoms with Crippen LogP contribution in [0.2, 0.25) is 0 Å². The molecule has 0 aromatic heterocycles. The van der Waals surface area contributed by atoms with Gasteiger partial charge >= 0.3 is 0 Å². The lowest BCUT2D eigenvalue weighted by atomic mass is 10.1. The molecule has 100 valence electrons. The summed E-state index contributed by atoms with van der Waals surface area (Å²) in [6.07, 6.45) is 0. The van der Waals surface area contributed by atoms with Gasteiger partial charge in [-0.2, -0.15) is 0 Å². The number of hydrogen-bond acceptors (Lipinski definition) is 2. The molecule has 0 saturated heterocycles. The monoisotopic (exact) mass is 293 g/mol. The van der Waals surface area contributed by atoms with Gasteiger partial charge < -0.3 is 9.64 Å². The van der Waals surface area contributed by atoms with E-state index in [0.29, 0.717) is 18.8 Å². The third kappa shape index (κ3) is 3.75. The molecule has 0 radical (unpaired) electrons. The second kappa shape index (κ2) is 7.44. The normalized spacial score (nSPS) is 10.2. The minimum Gasteiger partial charge on any atom is -0.497 e. The van der Waals surface area contributed by atoms with Crippen molar-refractivity contribution < 1.29 is 13.9 Å². The molecule has 3 nitrogen and oxygen atoms in total. The summed E-state index contributed by atoms with van der Waals surface area (Å²) >= 11 is 11.2. The fourth-order valence-electron chi connectivity index (χ4n) is 1.49. The van der Waals surface area contributed by atoms with Crippen LogP contribution in [0.25, 0.3) is 0 Å². The standard InChI is InChI=1S/C12H14Cl2FNO2/c1-18-9-2-3-10(11(15)8-9)12(17)16(6-4-13)7-5-14/h2-3,8H,4-7H2,1H3. The van der Waals surface area contributed by atoms with Crippen LogP contribution in [0.4, 0.5) is 4.39 Å². The average molecular weight is 294 g/mol. The number of nitrogens with zero attached hydrogens (tertiary/aromatic N) is 1. The van der Waals surface area contributed by atoms with Crippen molar-refractivity contribution in [2.45, 2.75) is 0 Å². The van der Waals surface area contributed by atoms with Crippen molar-refractivity contribution >= 4 is 29.1 Å². The predicted octanol–water partition coefficient (Wildman–Crippen LogP) is 2.75. The highest BCUT2D eigenvalue weighted by Crippen LogP contribution is 2.17. The molecule has 1 amide bonds. The zero-order chi connectivity index (χ0) is 13.5. The van der Waals surface area contributed by atoms with Gasteiger partial charge in [0, 0.05) is 30.9 Å². The number of rotatable bonds is 6. The van der Waals surface area contributed by atoms with E-state index in [4.69, 9.17) is 27.9 Å². The highest BCUT2D eigenvalue weighted by atomic mass is 35.5. The number of methoxy groups -OCH3 is 1. The Labute approximate surface area is 115 Å². The van der Waals surface area contributed by atoms with Gasteiger partial charge in [0.25, 0.3) is 5.91 Å². The van der Waals surface area contributed by atoms with E-state index in [-0.39, 0.29) is 17.3 Å². The molecule has 18 heavy (non-hydrogen) atoms. The molecule has 0 N–H and O–H groups in total. The molecule has 1 aromatic rings. The summed E-state index contributed by atoms with van der Waals surface area (Å²) in [5.74, 6) is -0.115. The predicted molar refractivity (Wildman–Crippen MR) is 70.3 cm³/mol. The number of ether oxygens (including phenoxy) is 1. The Bertz CT molecular complexity index is 409. The maximum Gasteiger partial charge on any atom is 0.256 e. The first-order valence-electron chi connectivity index (χ1n) is 5.38. The van der Waals surface area contributed by atoms with Gasteiger partial charge in [-0.1, -0.05) is 0 Å². The third-order valence-electron chi connectivity index (χ3n) is 2.40. The maximum atomic E-state index is 13.7.